The van der Waals surface area contributed by atoms with Gasteiger partial charge in [0.15, 0.2) is 0 Å². The number of aromatic carboxylic acids is 1. The molecule has 0 heterocycles. The van der Waals surface area contributed by atoms with Crippen LogP contribution in [-0.2, 0) is 6.61 Å². The largest absolute Gasteiger partial charge is 0.507 e. The molecular weight excluding hydrogens is 332 g/mol. The number of hydrogen-bond donors (Lipinski definition) is 2. The minimum absolute atomic E-state index is 0.0622. The number of rotatable bonds is 6. The molecule has 0 atom stereocenters. The SMILES string of the molecule is Cc1cc(COc2ccc(Oc3ccccc3)cc2)c(O)c(C(=O)O)c1. The number of carboxylic acid groups (broad SMARTS) is 1. The van der Waals surface area contributed by atoms with Crippen LogP contribution in [0.25, 0.3) is 0 Å². The summed E-state index contributed by atoms with van der Waals surface area (Å²) < 4.78 is 11.4. The van der Waals surface area contributed by atoms with E-state index < -0.39 is 5.97 Å². The molecular formula is C21H18O5. The lowest BCUT2D eigenvalue weighted by molar-refractivity contribution is 0.0693. The molecule has 132 valence electrons. The molecule has 0 fully saturated rings. The molecule has 2 N–H and O–H groups in total. The minimum Gasteiger partial charge on any atom is -0.507 e. The van der Waals surface area contributed by atoms with Crippen molar-refractivity contribution >= 4 is 5.97 Å². The molecule has 5 heteroatoms. The summed E-state index contributed by atoms with van der Waals surface area (Å²) in [5, 5.41) is 19.2. The van der Waals surface area contributed by atoms with E-state index in [1.54, 1.807) is 37.3 Å². The van der Waals surface area contributed by atoms with Crippen LogP contribution in [0, 0.1) is 6.92 Å². The molecule has 0 aliphatic heterocycles. The van der Waals surface area contributed by atoms with Crippen molar-refractivity contribution in [2.24, 2.45) is 0 Å². The lowest BCUT2D eigenvalue weighted by atomic mass is 10.1. The van der Waals surface area contributed by atoms with Gasteiger partial charge in [-0.3, -0.25) is 0 Å². The molecule has 0 spiro atoms. The Bertz CT molecular complexity index is 902. The topological polar surface area (TPSA) is 76.0 Å². The van der Waals surface area contributed by atoms with E-state index in [4.69, 9.17) is 14.6 Å². The molecule has 0 aliphatic rings. The highest BCUT2D eigenvalue weighted by molar-refractivity contribution is 5.91. The van der Waals surface area contributed by atoms with Crippen LogP contribution in [0.3, 0.4) is 0 Å². The fourth-order valence-corrected chi connectivity index (χ4v) is 2.52. The Morgan fingerprint density at radius 1 is 0.923 bits per heavy atom. The molecule has 0 aromatic heterocycles. The Kier molecular flexibility index (Phi) is 5.08. The number of carbonyl (C=O) groups is 1. The number of phenols is 1. The zero-order valence-electron chi connectivity index (χ0n) is 14.2. The fraction of sp³-hybridized carbons (Fsp3) is 0.0952. The smallest absolute Gasteiger partial charge is 0.339 e. The molecule has 0 unspecified atom stereocenters. The second kappa shape index (κ2) is 7.61. The van der Waals surface area contributed by atoms with Crippen LogP contribution < -0.4 is 9.47 Å². The zero-order valence-corrected chi connectivity index (χ0v) is 14.2. The predicted octanol–water partition coefficient (Wildman–Crippen LogP) is 4.77. The van der Waals surface area contributed by atoms with Crippen molar-refractivity contribution in [3.63, 3.8) is 0 Å². The van der Waals surface area contributed by atoms with Crippen LogP contribution >= 0.6 is 0 Å². The van der Waals surface area contributed by atoms with Crippen LogP contribution in [0.1, 0.15) is 21.5 Å². The average molecular weight is 350 g/mol. The maximum absolute atomic E-state index is 11.2. The molecule has 3 aromatic carbocycles. The van der Waals surface area contributed by atoms with E-state index in [1.807, 2.05) is 30.3 Å². The predicted molar refractivity (Wildman–Crippen MR) is 97.1 cm³/mol. The summed E-state index contributed by atoms with van der Waals surface area (Å²) in [7, 11) is 0. The van der Waals surface area contributed by atoms with Gasteiger partial charge in [-0.05, 0) is 61.0 Å². The third kappa shape index (κ3) is 4.13. The molecule has 5 nitrogen and oxygen atoms in total. The fourth-order valence-electron chi connectivity index (χ4n) is 2.52. The molecule has 26 heavy (non-hydrogen) atoms. The van der Waals surface area contributed by atoms with E-state index in [-0.39, 0.29) is 17.9 Å². The minimum atomic E-state index is -1.17. The molecule has 0 aliphatic carbocycles. The van der Waals surface area contributed by atoms with Gasteiger partial charge in [0, 0.05) is 5.56 Å². The Hall–Kier alpha value is -3.47. The lowest BCUT2D eigenvalue weighted by Gasteiger charge is -2.11. The molecule has 0 amide bonds. The Labute approximate surface area is 151 Å². The zero-order chi connectivity index (χ0) is 18.5. The second-order valence-electron chi connectivity index (χ2n) is 5.80. The molecule has 0 saturated carbocycles. The first-order chi connectivity index (χ1) is 12.5. The quantitative estimate of drug-likeness (QED) is 0.670. The van der Waals surface area contributed by atoms with Gasteiger partial charge in [-0.1, -0.05) is 18.2 Å². The van der Waals surface area contributed by atoms with Gasteiger partial charge < -0.3 is 19.7 Å². The highest BCUT2D eigenvalue weighted by atomic mass is 16.5. The third-order valence-corrected chi connectivity index (χ3v) is 3.76. The van der Waals surface area contributed by atoms with Gasteiger partial charge in [0.05, 0.1) is 0 Å². The van der Waals surface area contributed by atoms with Crippen molar-refractivity contribution in [3.05, 3.63) is 83.4 Å². The van der Waals surface area contributed by atoms with Gasteiger partial charge in [0.1, 0.15) is 35.2 Å². The monoisotopic (exact) mass is 350 g/mol. The highest BCUT2D eigenvalue weighted by Crippen LogP contribution is 2.27. The van der Waals surface area contributed by atoms with Gasteiger partial charge in [-0.15, -0.1) is 0 Å². The second-order valence-corrected chi connectivity index (χ2v) is 5.80. The van der Waals surface area contributed by atoms with Crippen molar-refractivity contribution in [2.75, 3.05) is 0 Å². The van der Waals surface area contributed by atoms with Gasteiger partial charge in [0.2, 0.25) is 0 Å². The first-order valence-electron chi connectivity index (χ1n) is 8.04. The number of para-hydroxylation sites is 1. The van der Waals surface area contributed by atoms with Crippen molar-refractivity contribution in [2.45, 2.75) is 13.5 Å². The van der Waals surface area contributed by atoms with E-state index >= 15 is 0 Å². The van der Waals surface area contributed by atoms with Crippen molar-refractivity contribution in [3.8, 4) is 23.0 Å². The molecule has 0 radical (unpaired) electrons. The number of aryl methyl sites for hydroxylation is 1. The maximum atomic E-state index is 11.2. The van der Waals surface area contributed by atoms with E-state index in [1.165, 1.54) is 6.07 Å². The van der Waals surface area contributed by atoms with E-state index in [9.17, 15) is 9.90 Å². The first-order valence-corrected chi connectivity index (χ1v) is 8.04. The summed E-state index contributed by atoms with van der Waals surface area (Å²) >= 11 is 0. The summed E-state index contributed by atoms with van der Waals surface area (Å²) in [5.74, 6) is 0.562. The van der Waals surface area contributed by atoms with Crippen LogP contribution in [0.5, 0.6) is 23.0 Å². The summed E-state index contributed by atoms with van der Waals surface area (Å²) in [6.07, 6.45) is 0. The van der Waals surface area contributed by atoms with Crippen molar-refractivity contribution < 1.29 is 24.5 Å². The first kappa shape index (κ1) is 17.4. The van der Waals surface area contributed by atoms with Crippen LogP contribution in [0.15, 0.2) is 66.7 Å². The summed E-state index contributed by atoms with van der Waals surface area (Å²) in [6.45, 7) is 1.83. The summed E-state index contributed by atoms with van der Waals surface area (Å²) in [4.78, 5) is 11.2. The Morgan fingerprint density at radius 3 is 2.19 bits per heavy atom. The van der Waals surface area contributed by atoms with Crippen molar-refractivity contribution in [1.82, 2.24) is 0 Å². The number of ether oxygens (including phenoxy) is 2. The third-order valence-electron chi connectivity index (χ3n) is 3.76. The Balaban J connectivity index is 1.68. The molecule has 3 aromatic rings. The number of aromatic hydroxyl groups is 1. The number of carboxylic acids is 1. The van der Waals surface area contributed by atoms with E-state index in [0.29, 0.717) is 17.1 Å². The maximum Gasteiger partial charge on any atom is 0.339 e. The standard InChI is InChI=1S/C21H18O5/c1-14-11-15(20(22)19(12-14)21(23)24)13-25-16-7-9-18(10-8-16)26-17-5-3-2-4-6-17/h2-12,22H,13H2,1H3,(H,23,24). The van der Waals surface area contributed by atoms with Crippen LogP contribution in [0.4, 0.5) is 0 Å². The van der Waals surface area contributed by atoms with Crippen LogP contribution in [-0.4, -0.2) is 16.2 Å². The van der Waals surface area contributed by atoms with Gasteiger partial charge >= 0.3 is 5.97 Å². The van der Waals surface area contributed by atoms with Gasteiger partial charge in [-0.2, -0.15) is 0 Å². The Morgan fingerprint density at radius 2 is 1.54 bits per heavy atom. The number of benzene rings is 3. The summed E-state index contributed by atoms with van der Waals surface area (Å²) in [6, 6.07) is 19.6. The van der Waals surface area contributed by atoms with Gasteiger partial charge in [-0.25, -0.2) is 4.79 Å². The molecule has 0 saturated heterocycles. The van der Waals surface area contributed by atoms with Crippen molar-refractivity contribution in [1.29, 1.82) is 0 Å². The van der Waals surface area contributed by atoms with E-state index in [0.717, 1.165) is 11.3 Å². The molecule has 0 bridgehead atoms. The summed E-state index contributed by atoms with van der Waals surface area (Å²) in [5.41, 5.74) is 1.03. The van der Waals surface area contributed by atoms with Crippen LogP contribution in [0.2, 0.25) is 0 Å². The number of hydrogen-bond acceptors (Lipinski definition) is 4. The highest BCUT2D eigenvalue weighted by Gasteiger charge is 2.15. The molecule has 3 rings (SSSR count). The van der Waals surface area contributed by atoms with Gasteiger partial charge in [0.25, 0.3) is 0 Å². The normalized spacial score (nSPS) is 10.3. The average Bonchev–Trinajstić information content (AvgIpc) is 2.64. The van der Waals surface area contributed by atoms with E-state index in [2.05, 4.69) is 0 Å². The lowest BCUT2D eigenvalue weighted by Crippen LogP contribution is -2.03.